The second-order valence-corrected chi connectivity index (χ2v) is 12.6. The summed E-state index contributed by atoms with van der Waals surface area (Å²) in [7, 11) is -7.21. The largest absolute Gasteiger partial charge is 0.460 e. The number of hydrogen-bond acceptors (Lipinski definition) is 6. The zero-order chi connectivity index (χ0) is 36.8. The molecule has 0 aliphatic rings. The van der Waals surface area contributed by atoms with Gasteiger partial charge in [-0.3, -0.25) is 4.98 Å². The predicted octanol–water partition coefficient (Wildman–Crippen LogP) is 9.83. The second-order valence-electron chi connectivity index (χ2n) is 11.0. The van der Waals surface area contributed by atoms with Gasteiger partial charge in [0.2, 0.25) is 0 Å². The number of pyridine rings is 1. The van der Waals surface area contributed by atoms with Gasteiger partial charge in [0.1, 0.15) is 5.75 Å². The summed E-state index contributed by atoms with van der Waals surface area (Å²) in [5.74, 6) is -15.8. The van der Waals surface area contributed by atoms with Crippen LogP contribution in [0.2, 0.25) is 0 Å². The number of benzene rings is 4. The fraction of sp³-hybridized carbons (Fsp3) is 0.114. The minimum absolute atomic E-state index is 0.0332. The van der Waals surface area contributed by atoms with Crippen LogP contribution in [-0.2, 0) is 10.1 Å². The number of alkyl halides is 9. The van der Waals surface area contributed by atoms with Gasteiger partial charge in [-0.15, -0.1) is 0 Å². The summed E-state index contributed by atoms with van der Waals surface area (Å²) >= 11 is 0. The van der Waals surface area contributed by atoms with Gasteiger partial charge >= 0.3 is 33.4 Å². The van der Waals surface area contributed by atoms with Crippen molar-refractivity contribution in [3.8, 4) is 50.8 Å². The van der Waals surface area contributed by atoms with E-state index in [9.17, 15) is 47.9 Å². The first-order chi connectivity index (χ1) is 23.9. The van der Waals surface area contributed by atoms with E-state index in [1.54, 1.807) is 24.3 Å². The Labute approximate surface area is 283 Å². The lowest BCUT2D eigenvalue weighted by molar-refractivity contribution is -0.382. The molecular weight excluding hydrogens is 713 g/mol. The second kappa shape index (κ2) is 12.7. The molecule has 0 bridgehead atoms. The van der Waals surface area contributed by atoms with Crippen LogP contribution in [0.15, 0.2) is 121 Å². The third kappa shape index (κ3) is 6.35. The summed E-state index contributed by atoms with van der Waals surface area (Å²) < 4.78 is 151. The molecule has 2 aromatic heterocycles. The first kappa shape index (κ1) is 35.3. The Balaban J connectivity index is 1.45. The standard InChI is InChI=1S/C35H20F9N3O3S/c36-32(37,34(40,41)42)33(38,39)35(43,44)51(48,49)50-25-18-27(26-15-8-16-45-30(26)19-25)23-13-7-14-24(17-23)31-46-28(21-9-3-1-4-10-21)20-29(47-31)22-11-5-2-6-12-22/h1-20H. The summed E-state index contributed by atoms with van der Waals surface area (Å²) in [5, 5.41) is -6.78. The van der Waals surface area contributed by atoms with Crippen LogP contribution in [0, 0.1) is 0 Å². The molecule has 6 nitrogen and oxygen atoms in total. The molecule has 0 N–H and O–H groups in total. The summed E-state index contributed by atoms with van der Waals surface area (Å²) in [6.07, 6.45) is -6.02. The highest BCUT2D eigenvalue weighted by Gasteiger charge is 2.86. The van der Waals surface area contributed by atoms with Crippen LogP contribution in [0.1, 0.15) is 0 Å². The normalized spacial score (nSPS) is 13.0. The van der Waals surface area contributed by atoms with E-state index in [4.69, 9.17) is 9.97 Å². The van der Waals surface area contributed by atoms with E-state index >= 15 is 0 Å². The molecule has 0 amide bonds. The Morgan fingerprint density at radius 2 is 1.10 bits per heavy atom. The first-order valence-electron chi connectivity index (χ1n) is 14.6. The van der Waals surface area contributed by atoms with Gasteiger partial charge < -0.3 is 4.18 Å². The summed E-state index contributed by atoms with van der Waals surface area (Å²) in [6, 6.07) is 30.9. The minimum Gasteiger partial charge on any atom is -0.378 e. The van der Waals surface area contributed by atoms with E-state index in [-0.39, 0.29) is 27.9 Å². The highest BCUT2D eigenvalue weighted by atomic mass is 32.2. The number of aromatic nitrogens is 3. The van der Waals surface area contributed by atoms with Crippen molar-refractivity contribution in [2.75, 3.05) is 0 Å². The molecule has 0 atom stereocenters. The van der Waals surface area contributed by atoms with Crippen molar-refractivity contribution in [1.82, 2.24) is 15.0 Å². The lowest BCUT2D eigenvalue weighted by atomic mass is 9.98. The highest BCUT2D eigenvalue weighted by molar-refractivity contribution is 7.88. The van der Waals surface area contributed by atoms with Crippen LogP contribution in [0.3, 0.4) is 0 Å². The molecule has 0 aliphatic heterocycles. The fourth-order valence-corrected chi connectivity index (χ4v) is 5.95. The third-order valence-electron chi connectivity index (χ3n) is 7.63. The van der Waals surface area contributed by atoms with Gasteiger partial charge in [-0.1, -0.05) is 84.9 Å². The van der Waals surface area contributed by atoms with E-state index in [2.05, 4.69) is 9.17 Å². The fourth-order valence-electron chi connectivity index (χ4n) is 5.06. The van der Waals surface area contributed by atoms with Gasteiger partial charge in [0.25, 0.3) is 0 Å². The summed E-state index contributed by atoms with van der Waals surface area (Å²) in [4.78, 5) is 13.5. The van der Waals surface area contributed by atoms with Crippen molar-refractivity contribution in [3.05, 3.63) is 121 Å². The maximum atomic E-state index is 14.5. The van der Waals surface area contributed by atoms with Crippen LogP contribution in [0.5, 0.6) is 5.75 Å². The van der Waals surface area contributed by atoms with E-state index < -0.39 is 39.1 Å². The van der Waals surface area contributed by atoms with Crippen LogP contribution in [0.25, 0.3) is 55.9 Å². The number of hydrogen-bond donors (Lipinski definition) is 0. The maximum absolute atomic E-state index is 14.5. The molecule has 0 saturated carbocycles. The Morgan fingerprint density at radius 1 is 0.549 bits per heavy atom. The van der Waals surface area contributed by atoms with Gasteiger partial charge in [0.05, 0.1) is 16.9 Å². The van der Waals surface area contributed by atoms with E-state index in [0.29, 0.717) is 17.0 Å². The van der Waals surface area contributed by atoms with Crippen molar-refractivity contribution in [3.63, 3.8) is 0 Å². The molecule has 16 heteroatoms. The van der Waals surface area contributed by atoms with Crippen LogP contribution in [0.4, 0.5) is 39.5 Å². The van der Waals surface area contributed by atoms with Gasteiger partial charge in [0, 0.05) is 34.3 Å². The monoisotopic (exact) mass is 733 g/mol. The molecule has 0 radical (unpaired) electrons. The van der Waals surface area contributed by atoms with Crippen LogP contribution < -0.4 is 4.18 Å². The first-order valence-corrected chi connectivity index (χ1v) is 16.0. The maximum Gasteiger partial charge on any atom is 0.460 e. The lowest BCUT2D eigenvalue weighted by Crippen LogP contribution is -2.63. The average Bonchev–Trinajstić information content (AvgIpc) is 3.11. The van der Waals surface area contributed by atoms with Crippen molar-refractivity contribution >= 4 is 21.0 Å². The van der Waals surface area contributed by atoms with Crippen molar-refractivity contribution in [2.45, 2.75) is 23.3 Å². The number of halogens is 9. The Kier molecular flexibility index (Phi) is 8.78. The topological polar surface area (TPSA) is 82.0 Å². The zero-order valence-corrected chi connectivity index (χ0v) is 26.2. The number of fused-ring (bicyclic) bond motifs is 1. The molecule has 0 aliphatic carbocycles. The van der Waals surface area contributed by atoms with Crippen LogP contribution in [-0.4, -0.2) is 46.6 Å². The third-order valence-corrected chi connectivity index (χ3v) is 8.92. The molecule has 6 rings (SSSR count). The molecule has 0 fully saturated rings. The van der Waals surface area contributed by atoms with Gasteiger partial charge in [-0.05, 0) is 35.4 Å². The molecule has 0 unspecified atom stereocenters. The molecule has 0 saturated heterocycles. The van der Waals surface area contributed by atoms with E-state index in [0.717, 1.165) is 23.3 Å². The van der Waals surface area contributed by atoms with Crippen molar-refractivity contribution < 1.29 is 52.1 Å². The lowest BCUT2D eigenvalue weighted by Gasteiger charge is -2.32. The van der Waals surface area contributed by atoms with Gasteiger partial charge in [0.15, 0.2) is 5.82 Å². The average molecular weight is 734 g/mol. The molecule has 6 aromatic rings. The molecular formula is C35H20F9N3O3S. The van der Waals surface area contributed by atoms with E-state index in [1.807, 2.05) is 60.7 Å². The molecule has 262 valence electrons. The molecule has 2 heterocycles. The van der Waals surface area contributed by atoms with Crippen molar-refractivity contribution in [1.29, 1.82) is 0 Å². The van der Waals surface area contributed by atoms with Crippen molar-refractivity contribution in [2.24, 2.45) is 0 Å². The summed E-state index contributed by atoms with van der Waals surface area (Å²) in [6.45, 7) is 0. The quantitative estimate of drug-likeness (QED) is 0.109. The zero-order valence-electron chi connectivity index (χ0n) is 25.4. The predicted molar refractivity (Wildman–Crippen MR) is 170 cm³/mol. The smallest absolute Gasteiger partial charge is 0.378 e. The summed E-state index contributed by atoms with van der Waals surface area (Å²) in [5.41, 5.74) is 3.24. The Morgan fingerprint density at radius 3 is 1.67 bits per heavy atom. The molecule has 0 spiro atoms. The molecule has 51 heavy (non-hydrogen) atoms. The Bertz CT molecular complexity index is 2280. The van der Waals surface area contributed by atoms with E-state index in [1.165, 1.54) is 24.4 Å². The van der Waals surface area contributed by atoms with Gasteiger partial charge in [-0.25, -0.2) is 9.97 Å². The number of rotatable bonds is 9. The Hall–Kier alpha value is -5.51. The minimum atomic E-state index is -7.46. The SMILES string of the molecule is O=S(=O)(Oc1cc(-c2cccc(-c3nc(-c4ccccc4)cc(-c4ccccc4)n3)c2)c2cccnc2c1)C(F)(F)C(F)(F)C(F)(F)C(F)(F)F. The number of nitrogens with zero attached hydrogens (tertiary/aromatic N) is 3. The van der Waals surface area contributed by atoms with Crippen LogP contribution >= 0.6 is 0 Å². The highest BCUT2D eigenvalue weighted by Crippen LogP contribution is 2.55. The van der Waals surface area contributed by atoms with Gasteiger partial charge in [-0.2, -0.15) is 47.9 Å². The molecule has 4 aromatic carbocycles.